The molecule has 0 aromatic heterocycles. The summed E-state index contributed by atoms with van der Waals surface area (Å²) in [6.45, 7) is 5.59. The lowest BCUT2D eigenvalue weighted by Gasteiger charge is -2.24. The van der Waals surface area contributed by atoms with Crippen molar-refractivity contribution in [1.29, 1.82) is 0 Å². The second-order valence-electron chi connectivity index (χ2n) is 12.2. The Balaban J connectivity index is 4.36. The number of phosphoric acid groups is 1. The first kappa shape index (κ1) is 39.5. The van der Waals surface area contributed by atoms with Crippen molar-refractivity contribution in [3.05, 3.63) is 0 Å². The van der Waals surface area contributed by atoms with Crippen molar-refractivity contribution < 1.29 is 37.3 Å². The fraction of sp³-hybridized carbons (Fsp3) is 0.968. The van der Waals surface area contributed by atoms with Gasteiger partial charge in [-0.2, -0.15) is 0 Å². The molecular formula is C31H65NO7P+. The molecule has 8 nitrogen and oxygen atoms in total. The van der Waals surface area contributed by atoms with E-state index in [-0.39, 0.29) is 25.8 Å². The molecule has 0 saturated heterocycles. The number of likely N-dealkylation sites (N-methyl/N-ethyl adjacent to an activating group) is 1. The number of carbonyl (C=O) groups is 1. The molecule has 0 fully saturated rings. The van der Waals surface area contributed by atoms with E-state index in [4.69, 9.17) is 18.5 Å². The fourth-order valence-corrected chi connectivity index (χ4v) is 5.06. The maximum absolute atomic E-state index is 12.5. The van der Waals surface area contributed by atoms with Crippen LogP contribution in [0.25, 0.3) is 0 Å². The van der Waals surface area contributed by atoms with Gasteiger partial charge in [0, 0.05) is 13.0 Å². The van der Waals surface area contributed by atoms with Crippen LogP contribution in [0, 0.1) is 0 Å². The monoisotopic (exact) mass is 594 g/mol. The zero-order valence-corrected chi connectivity index (χ0v) is 27.7. The molecule has 9 heteroatoms. The minimum atomic E-state index is -4.24. The molecule has 0 aromatic carbocycles. The molecule has 0 aliphatic carbocycles. The quantitative estimate of drug-likeness (QED) is 0.0388. The number of hydrogen-bond donors (Lipinski definition) is 1. The Hall–Kier alpha value is -0.500. The molecule has 0 aromatic rings. The third-order valence-electron chi connectivity index (χ3n) is 6.92. The van der Waals surface area contributed by atoms with E-state index in [0.29, 0.717) is 24.1 Å². The Bertz CT molecular complexity index is 627. The molecule has 240 valence electrons. The molecule has 0 bridgehead atoms. The first-order valence-corrected chi connectivity index (χ1v) is 17.8. The fourth-order valence-electron chi connectivity index (χ4n) is 4.32. The second kappa shape index (κ2) is 26.2. The molecule has 0 saturated carbocycles. The largest absolute Gasteiger partial charge is 0.472 e. The van der Waals surface area contributed by atoms with E-state index in [2.05, 4.69) is 13.8 Å². The van der Waals surface area contributed by atoms with Crippen LogP contribution < -0.4 is 0 Å². The highest BCUT2D eigenvalue weighted by atomic mass is 31.2. The van der Waals surface area contributed by atoms with Crippen molar-refractivity contribution in [2.45, 2.75) is 142 Å². The van der Waals surface area contributed by atoms with Crippen molar-refractivity contribution in [2.24, 2.45) is 0 Å². The van der Waals surface area contributed by atoms with Crippen molar-refractivity contribution >= 4 is 13.8 Å². The van der Waals surface area contributed by atoms with E-state index in [1.54, 1.807) is 0 Å². The minimum Gasteiger partial charge on any atom is -0.457 e. The van der Waals surface area contributed by atoms with Crippen LogP contribution in [0.5, 0.6) is 0 Å². The van der Waals surface area contributed by atoms with Crippen LogP contribution in [0.2, 0.25) is 0 Å². The number of nitrogens with zero attached hydrogens (tertiary/aromatic N) is 1. The summed E-state index contributed by atoms with van der Waals surface area (Å²) in [4.78, 5) is 22.5. The smallest absolute Gasteiger partial charge is 0.457 e. The van der Waals surface area contributed by atoms with Gasteiger partial charge in [0.1, 0.15) is 19.3 Å². The van der Waals surface area contributed by atoms with Crippen LogP contribution in [-0.2, 0) is 27.9 Å². The molecule has 2 unspecified atom stereocenters. The summed E-state index contributed by atoms with van der Waals surface area (Å²) in [5.74, 6) is -0.317. The van der Waals surface area contributed by atoms with Gasteiger partial charge in [0.05, 0.1) is 34.4 Å². The summed E-state index contributed by atoms with van der Waals surface area (Å²) in [7, 11) is 1.67. The SMILES string of the molecule is CCCCCCCCCCCCC(=O)OC(COCCCCCCCCCC)COP(=O)(O)OCC[N+](C)(C)C. The highest BCUT2D eigenvalue weighted by Crippen LogP contribution is 2.43. The number of phosphoric ester groups is 1. The molecule has 0 aliphatic heterocycles. The number of ether oxygens (including phenoxy) is 2. The number of esters is 1. The van der Waals surface area contributed by atoms with Gasteiger partial charge in [0.2, 0.25) is 0 Å². The lowest BCUT2D eigenvalue weighted by molar-refractivity contribution is -0.870. The van der Waals surface area contributed by atoms with E-state index in [1.807, 2.05) is 21.1 Å². The first-order valence-electron chi connectivity index (χ1n) is 16.3. The minimum absolute atomic E-state index is 0.0927. The molecule has 0 aliphatic rings. The van der Waals surface area contributed by atoms with E-state index < -0.39 is 13.9 Å². The number of rotatable bonds is 30. The van der Waals surface area contributed by atoms with E-state index in [0.717, 1.165) is 32.1 Å². The third kappa shape index (κ3) is 29.0. The Morgan fingerprint density at radius 1 is 0.675 bits per heavy atom. The molecule has 1 N–H and O–H groups in total. The van der Waals surface area contributed by atoms with E-state index in [1.165, 1.54) is 83.5 Å². The molecule has 0 radical (unpaired) electrons. The Labute approximate surface area is 247 Å². The number of quaternary nitrogens is 1. The molecule has 0 heterocycles. The van der Waals surface area contributed by atoms with E-state index in [9.17, 15) is 14.3 Å². The molecule has 0 spiro atoms. The Morgan fingerprint density at radius 3 is 1.65 bits per heavy atom. The normalized spacial score (nSPS) is 14.2. The van der Waals surface area contributed by atoms with Gasteiger partial charge >= 0.3 is 13.8 Å². The second-order valence-corrected chi connectivity index (χ2v) is 13.7. The number of hydrogen-bond acceptors (Lipinski definition) is 6. The highest BCUT2D eigenvalue weighted by Gasteiger charge is 2.26. The maximum Gasteiger partial charge on any atom is 0.472 e. The molecule has 0 amide bonds. The summed E-state index contributed by atoms with van der Waals surface area (Å²) < 4.78 is 34.6. The third-order valence-corrected chi connectivity index (χ3v) is 7.90. The topological polar surface area (TPSA) is 91.3 Å². The van der Waals surface area contributed by atoms with E-state index >= 15 is 0 Å². The predicted octanol–water partition coefficient (Wildman–Crippen LogP) is 8.21. The van der Waals surface area contributed by atoms with Crippen LogP contribution in [0.1, 0.15) is 136 Å². The summed E-state index contributed by atoms with van der Waals surface area (Å²) in [6.07, 6.45) is 21.3. The van der Waals surface area contributed by atoms with Crippen LogP contribution >= 0.6 is 7.82 Å². The Kier molecular flexibility index (Phi) is 25.8. The number of carbonyl (C=O) groups excluding carboxylic acids is 1. The van der Waals surface area contributed by atoms with Gasteiger partial charge in [-0.05, 0) is 12.8 Å². The van der Waals surface area contributed by atoms with Gasteiger partial charge < -0.3 is 18.9 Å². The lowest BCUT2D eigenvalue weighted by Crippen LogP contribution is -2.37. The van der Waals surface area contributed by atoms with Crippen molar-refractivity contribution in [2.75, 3.05) is 54.1 Å². The zero-order chi connectivity index (χ0) is 30.0. The highest BCUT2D eigenvalue weighted by molar-refractivity contribution is 7.47. The molecular weight excluding hydrogens is 529 g/mol. The van der Waals surface area contributed by atoms with Crippen LogP contribution in [-0.4, -0.2) is 75.6 Å². The summed E-state index contributed by atoms with van der Waals surface area (Å²) in [5, 5.41) is 0. The first-order chi connectivity index (χ1) is 19.1. The average molecular weight is 595 g/mol. The van der Waals surface area contributed by atoms with Gasteiger partial charge in [-0.15, -0.1) is 0 Å². The van der Waals surface area contributed by atoms with Gasteiger partial charge in [-0.25, -0.2) is 4.57 Å². The van der Waals surface area contributed by atoms with Crippen molar-refractivity contribution in [1.82, 2.24) is 0 Å². The summed E-state index contributed by atoms with van der Waals surface area (Å²) >= 11 is 0. The van der Waals surface area contributed by atoms with Gasteiger partial charge in [0.25, 0.3) is 0 Å². The van der Waals surface area contributed by atoms with Crippen molar-refractivity contribution in [3.8, 4) is 0 Å². The molecule has 0 rings (SSSR count). The standard InChI is InChI=1S/C31H64NO7P/c1-6-8-10-12-14-16-17-18-20-22-24-31(33)39-30(28-36-26-23-21-19-15-13-11-9-7-2)29-38-40(34,35)37-27-25-32(3,4)5/h30H,6-29H2,1-5H3/p+1. The Morgan fingerprint density at radius 2 is 1.15 bits per heavy atom. The summed E-state index contributed by atoms with van der Waals surface area (Å²) in [6, 6.07) is 0. The average Bonchev–Trinajstić information content (AvgIpc) is 2.88. The zero-order valence-electron chi connectivity index (χ0n) is 26.8. The van der Waals surface area contributed by atoms with Crippen molar-refractivity contribution in [3.63, 3.8) is 0 Å². The van der Waals surface area contributed by atoms with Gasteiger partial charge in [0.15, 0.2) is 0 Å². The van der Waals surface area contributed by atoms with Crippen LogP contribution in [0.3, 0.4) is 0 Å². The number of unbranched alkanes of at least 4 members (excludes halogenated alkanes) is 16. The van der Waals surface area contributed by atoms with Gasteiger partial charge in [-0.1, -0.05) is 117 Å². The lowest BCUT2D eigenvalue weighted by atomic mass is 10.1. The van der Waals surface area contributed by atoms with Crippen LogP contribution in [0.15, 0.2) is 0 Å². The van der Waals surface area contributed by atoms with Crippen LogP contribution in [0.4, 0.5) is 0 Å². The molecule has 40 heavy (non-hydrogen) atoms. The maximum atomic E-state index is 12.5. The van der Waals surface area contributed by atoms with Gasteiger partial charge in [-0.3, -0.25) is 13.8 Å². The summed E-state index contributed by atoms with van der Waals surface area (Å²) in [5.41, 5.74) is 0. The molecule has 2 atom stereocenters. The predicted molar refractivity (Wildman–Crippen MR) is 164 cm³/mol.